The lowest BCUT2D eigenvalue weighted by atomic mass is 10.3. The molecule has 20 heavy (non-hydrogen) atoms. The van der Waals surface area contributed by atoms with Gasteiger partial charge in [0.05, 0.1) is 24.6 Å². The van der Waals surface area contributed by atoms with Crippen molar-refractivity contribution >= 4 is 7.26 Å². The molecule has 0 bridgehead atoms. The Morgan fingerprint density at radius 2 is 1.30 bits per heavy atom. The van der Waals surface area contributed by atoms with Gasteiger partial charge in [-0.3, -0.25) is 0 Å². The highest BCUT2D eigenvalue weighted by atomic mass is 31.2. The van der Waals surface area contributed by atoms with Gasteiger partial charge in [0.1, 0.15) is 0 Å². The molecular formula is C19H36P+. The van der Waals surface area contributed by atoms with Crippen molar-refractivity contribution < 1.29 is 0 Å². The van der Waals surface area contributed by atoms with Crippen LogP contribution in [0.5, 0.6) is 0 Å². The summed E-state index contributed by atoms with van der Waals surface area (Å²) in [6, 6.07) is 0. The molecule has 0 spiro atoms. The largest absolute Gasteiger partial charge is 0.0991 e. The maximum absolute atomic E-state index is 4.01. The summed E-state index contributed by atoms with van der Waals surface area (Å²) in [6.45, 7) is 14.8. The number of hydrogen-bond acceptors (Lipinski definition) is 0. The molecular weight excluding hydrogens is 259 g/mol. The fourth-order valence-electron chi connectivity index (χ4n) is 2.78. The van der Waals surface area contributed by atoms with Gasteiger partial charge in [-0.2, -0.15) is 0 Å². The SMILES string of the molecule is C=C/C=C(\C=C)C[P+](CCCC)(CCCC)CCCC. The van der Waals surface area contributed by atoms with Crippen LogP contribution in [-0.2, 0) is 0 Å². The normalized spacial score (nSPS) is 12.4. The Bertz CT molecular complexity index is 266. The lowest BCUT2D eigenvalue weighted by molar-refractivity contribution is 0.835. The van der Waals surface area contributed by atoms with Crippen molar-refractivity contribution in [2.45, 2.75) is 59.3 Å². The molecule has 0 aromatic rings. The molecule has 1 heteroatoms. The summed E-state index contributed by atoms with van der Waals surface area (Å²) in [5.41, 5.74) is 1.41. The van der Waals surface area contributed by atoms with Gasteiger partial charge in [-0.05, 0) is 24.8 Å². The fourth-order valence-corrected chi connectivity index (χ4v) is 7.89. The molecule has 0 saturated heterocycles. The summed E-state index contributed by atoms with van der Waals surface area (Å²) in [4.78, 5) is 0. The molecule has 0 rings (SSSR count). The minimum atomic E-state index is -0.835. The van der Waals surface area contributed by atoms with Crippen LogP contribution in [0.15, 0.2) is 37.0 Å². The summed E-state index contributed by atoms with van der Waals surface area (Å²) in [6.07, 6.45) is 20.1. The van der Waals surface area contributed by atoms with E-state index in [1.165, 1.54) is 68.7 Å². The molecule has 0 saturated carbocycles. The van der Waals surface area contributed by atoms with Crippen molar-refractivity contribution in [2.75, 3.05) is 24.6 Å². The summed E-state index contributed by atoms with van der Waals surface area (Å²) >= 11 is 0. The highest BCUT2D eigenvalue weighted by Gasteiger charge is 2.35. The number of unbranched alkanes of at least 4 members (excludes halogenated alkanes) is 3. The van der Waals surface area contributed by atoms with Crippen LogP contribution in [0, 0.1) is 0 Å². The third-order valence-electron chi connectivity index (χ3n) is 4.07. The standard InChI is InChI=1S/C19H36P/c1-6-11-15-20(16-12-7-2,17-13-8-3)18-19(10-5)14-9-4/h9-10,14H,4-8,11-13,15-18H2,1-3H3/q+1/b19-14+. The van der Waals surface area contributed by atoms with Gasteiger partial charge in [-0.1, -0.05) is 71.4 Å². The predicted octanol–water partition coefficient (Wildman–Crippen LogP) is 6.70. The van der Waals surface area contributed by atoms with E-state index in [1.807, 2.05) is 6.08 Å². The molecule has 0 aliphatic carbocycles. The molecule has 0 N–H and O–H groups in total. The van der Waals surface area contributed by atoms with Gasteiger partial charge >= 0.3 is 0 Å². The van der Waals surface area contributed by atoms with Gasteiger partial charge in [-0.15, -0.1) is 0 Å². The Balaban J connectivity index is 5.04. The van der Waals surface area contributed by atoms with Gasteiger partial charge < -0.3 is 0 Å². The highest BCUT2D eigenvalue weighted by Crippen LogP contribution is 2.61. The molecule has 0 nitrogen and oxygen atoms in total. The van der Waals surface area contributed by atoms with Gasteiger partial charge in [-0.25, -0.2) is 0 Å². The summed E-state index contributed by atoms with van der Waals surface area (Å²) < 4.78 is 0. The number of hydrogen-bond donors (Lipinski definition) is 0. The maximum atomic E-state index is 4.01. The van der Waals surface area contributed by atoms with Crippen molar-refractivity contribution in [3.05, 3.63) is 37.0 Å². The summed E-state index contributed by atoms with van der Waals surface area (Å²) in [5.74, 6) is 0. The van der Waals surface area contributed by atoms with Crippen LogP contribution < -0.4 is 0 Å². The summed E-state index contributed by atoms with van der Waals surface area (Å²) in [7, 11) is -0.835. The van der Waals surface area contributed by atoms with Crippen molar-refractivity contribution in [3.8, 4) is 0 Å². The van der Waals surface area contributed by atoms with E-state index in [-0.39, 0.29) is 0 Å². The van der Waals surface area contributed by atoms with Gasteiger partial charge in [0.25, 0.3) is 0 Å². The molecule has 0 unspecified atom stereocenters. The Morgan fingerprint density at radius 3 is 1.60 bits per heavy atom. The van der Waals surface area contributed by atoms with E-state index in [0.29, 0.717) is 0 Å². The molecule has 0 amide bonds. The molecule has 116 valence electrons. The quantitative estimate of drug-likeness (QED) is 0.262. The third kappa shape index (κ3) is 8.05. The molecule has 0 heterocycles. The van der Waals surface area contributed by atoms with E-state index in [0.717, 1.165) is 0 Å². The number of rotatable bonds is 13. The van der Waals surface area contributed by atoms with Crippen LogP contribution in [-0.4, -0.2) is 24.6 Å². The molecule has 0 aromatic carbocycles. The van der Waals surface area contributed by atoms with Crippen molar-refractivity contribution in [1.82, 2.24) is 0 Å². The first-order valence-corrected chi connectivity index (χ1v) is 11.0. The van der Waals surface area contributed by atoms with E-state index < -0.39 is 7.26 Å². The van der Waals surface area contributed by atoms with Crippen molar-refractivity contribution in [3.63, 3.8) is 0 Å². The van der Waals surface area contributed by atoms with Crippen LogP contribution in [0.4, 0.5) is 0 Å². The third-order valence-corrected chi connectivity index (χ3v) is 8.90. The van der Waals surface area contributed by atoms with E-state index in [4.69, 9.17) is 0 Å². The molecule has 0 aromatic heterocycles. The van der Waals surface area contributed by atoms with Crippen molar-refractivity contribution in [1.29, 1.82) is 0 Å². The first-order valence-electron chi connectivity index (χ1n) is 8.47. The Morgan fingerprint density at radius 1 is 0.850 bits per heavy atom. The fraction of sp³-hybridized carbons (Fsp3) is 0.684. The van der Waals surface area contributed by atoms with E-state index in [9.17, 15) is 0 Å². The Kier molecular flexibility index (Phi) is 12.2. The van der Waals surface area contributed by atoms with E-state index in [1.54, 1.807) is 0 Å². The van der Waals surface area contributed by atoms with Crippen molar-refractivity contribution in [2.24, 2.45) is 0 Å². The van der Waals surface area contributed by atoms with Gasteiger partial charge in [0.15, 0.2) is 0 Å². The first kappa shape index (κ1) is 19.7. The van der Waals surface area contributed by atoms with Crippen LogP contribution in [0.3, 0.4) is 0 Å². The van der Waals surface area contributed by atoms with Gasteiger partial charge in [0.2, 0.25) is 0 Å². The second kappa shape index (κ2) is 12.4. The maximum Gasteiger partial charge on any atom is 0.0842 e. The molecule has 0 aliphatic heterocycles. The topological polar surface area (TPSA) is 0 Å². The van der Waals surface area contributed by atoms with Crippen LogP contribution >= 0.6 is 7.26 Å². The average Bonchev–Trinajstić information content (AvgIpc) is 2.48. The monoisotopic (exact) mass is 295 g/mol. The minimum absolute atomic E-state index is 0.835. The van der Waals surface area contributed by atoms with E-state index >= 15 is 0 Å². The molecule has 0 aliphatic rings. The number of allylic oxidation sites excluding steroid dienone is 4. The zero-order chi connectivity index (χ0) is 15.3. The van der Waals surface area contributed by atoms with E-state index in [2.05, 4.69) is 46.1 Å². The van der Waals surface area contributed by atoms with Crippen LogP contribution in [0.25, 0.3) is 0 Å². The highest BCUT2D eigenvalue weighted by molar-refractivity contribution is 7.76. The lowest BCUT2D eigenvalue weighted by Gasteiger charge is -2.28. The smallest absolute Gasteiger partial charge is 0.0842 e. The van der Waals surface area contributed by atoms with Gasteiger partial charge in [0, 0.05) is 7.26 Å². The molecule has 0 atom stereocenters. The molecule has 0 radical (unpaired) electrons. The lowest BCUT2D eigenvalue weighted by Crippen LogP contribution is -2.13. The second-order valence-electron chi connectivity index (χ2n) is 5.91. The minimum Gasteiger partial charge on any atom is -0.0991 e. The zero-order valence-electron chi connectivity index (χ0n) is 14.2. The van der Waals surface area contributed by atoms with Crippen LogP contribution in [0.2, 0.25) is 0 Å². The Hall–Kier alpha value is -0.350. The zero-order valence-corrected chi connectivity index (χ0v) is 15.1. The Labute approximate surface area is 128 Å². The first-order chi connectivity index (χ1) is 9.67. The second-order valence-corrected chi connectivity index (χ2v) is 10.3. The average molecular weight is 295 g/mol. The predicted molar refractivity (Wildman–Crippen MR) is 99.6 cm³/mol. The van der Waals surface area contributed by atoms with Crippen LogP contribution in [0.1, 0.15) is 59.3 Å². The molecule has 0 fully saturated rings. The summed E-state index contributed by atoms with van der Waals surface area (Å²) in [5, 5.41) is 0.